The molecule has 3 rings (SSSR count). The third-order valence-corrected chi connectivity index (χ3v) is 5.56. The number of benzene rings is 2. The first-order valence-electron chi connectivity index (χ1n) is 9.16. The van der Waals surface area contributed by atoms with E-state index >= 15 is 0 Å². The van der Waals surface area contributed by atoms with Gasteiger partial charge in [-0.15, -0.1) is 16.8 Å². The zero-order valence-electron chi connectivity index (χ0n) is 16.5. The van der Waals surface area contributed by atoms with E-state index in [0.717, 1.165) is 11.8 Å². The van der Waals surface area contributed by atoms with Gasteiger partial charge in [0.25, 0.3) is 5.69 Å². The molecule has 0 fully saturated rings. The van der Waals surface area contributed by atoms with Crippen molar-refractivity contribution in [3.8, 4) is 5.75 Å². The maximum absolute atomic E-state index is 12.3. The standard InChI is InChI=1S/C20H17Cl2N5O4S/c1-2-9-26-18(11-31-17-8-7-13(21)10-14(17)22)24-25-20(26)32-12-19(28)23-15-5-3-4-6-16(15)27(29)30/h2-8,10H,1,9,11-12H2,(H,23,28). The van der Waals surface area contributed by atoms with Gasteiger partial charge in [0.1, 0.15) is 18.0 Å². The molecule has 12 heteroatoms. The summed E-state index contributed by atoms with van der Waals surface area (Å²) in [7, 11) is 0. The molecule has 0 saturated heterocycles. The van der Waals surface area contributed by atoms with Crippen LogP contribution in [0.4, 0.5) is 11.4 Å². The molecule has 0 radical (unpaired) electrons. The van der Waals surface area contributed by atoms with Crippen molar-refractivity contribution in [2.45, 2.75) is 18.3 Å². The van der Waals surface area contributed by atoms with E-state index in [9.17, 15) is 14.9 Å². The molecule has 0 aliphatic carbocycles. The largest absolute Gasteiger partial charge is 0.484 e. The maximum atomic E-state index is 12.3. The van der Waals surface area contributed by atoms with Crippen LogP contribution in [0.3, 0.4) is 0 Å². The van der Waals surface area contributed by atoms with Crippen LogP contribution in [-0.2, 0) is 17.9 Å². The summed E-state index contributed by atoms with van der Waals surface area (Å²) < 4.78 is 7.47. The number of nitrogens with one attached hydrogen (secondary N) is 1. The van der Waals surface area contributed by atoms with Gasteiger partial charge in [0.05, 0.1) is 15.7 Å². The number of hydrogen-bond donors (Lipinski definition) is 1. The van der Waals surface area contributed by atoms with Crippen molar-refractivity contribution < 1.29 is 14.5 Å². The molecule has 0 spiro atoms. The summed E-state index contributed by atoms with van der Waals surface area (Å²) in [5.41, 5.74) is -0.0504. The summed E-state index contributed by atoms with van der Waals surface area (Å²) in [6.45, 7) is 4.22. The lowest BCUT2D eigenvalue weighted by Crippen LogP contribution is -2.16. The van der Waals surface area contributed by atoms with Crippen LogP contribution in [0.2, 0.25) is 10.0 Å². The number of ether oxygens (including phenoxy) is 1. The lowest BCUT2D eigenvalue weighted by molar-refractivity contribution is -0.383. The van der Waals surface area contributed by atoms with Crippen LogP contribution in [0.15, 0.2) is 60.3 Å². The Kier molecular flexibility index (Phi) is 8.09. The fourth-order valence-electron chi connectivity index (χ4n) is 2.63. The number of para-hydroxylation sites is 2. The van der Waals surface area contributed by atoms with E-state index in [1.54, 1.807) is 34.9 Å². The molecule has 9 nitrogen and oxygen atoms in total. The monoisotopic (exact) mass is 493 g/mol. The van der Waals surface area contributed by atoms with E-state index in [1.165, 1.54) is 18.2 Å². The number of rotatable bonds is 10. The molecular formula is C20H17Cl2N5O4S. The Hall–Kier alpha value is -3.08. The highest BCUT2D eigenvalue weighted by atomic mass is 35.5. The minimum atomic E-state index is -0.553. The van der Waals surface area contributed by atoms with Crippen LogP contribution in [0.1, 0.15) is 5.82 Å². The molecule has 0 aliphatic rings. The summed E-state index contributed by atoms with van der Waals surface area (Å²) in [5.74, 6) is 0.522. The summed E-state index contributed by atoms with van der Waals surface area (Å²) in [6.07, 6.45) is 1.67. The molecule has 3 aromatic rings. The van der Waals surface area contributed by atoms with Gasteiger partial charge in [0, 0.05) is 17.6 Å². The molecule has 0 saturated carbocycles. The van der Waals surface area contributed by atoms with Gasteiger partial charge in [-0.25, -0.2) is 0 Å². The quantitative estimate of drug-likeness (QED) is 0.183. The predicted molar refractivity (Wildman–Crippen MR) is 123 cm³/mol. The molecule has 1 amide bonds. The highest BCUT2D eigenvalue weighted by molar-refractivity contribution is 7.99. The Balaban J connectivity index is 1.65. The summed E-state index contributed by atoms with van der Waals surface area (Å²) in [6, 6.07) is 10.8. The van der Waals surface area contributed by atoms with Crippen LogP contribution < -0.4 is 10.1 Å². The normalized spacial score (nSPS) is 10.6. The van der Waals surface area contributed by atoms with E-state index < -0.39 is 10.8 Å². The van der Waals surface area contributed by atoms with Gasteiger partial charge in [-0.3, -0.25) is 19.5 Å². The number of nitro groups is 1. The zero-order valence-corrected chi connectivity index (χ0v) is 18.9. The van der Waals surface area contributed by atoms with Crippen molar-refractivity contribution in [1.82, 2.24) is 14.8 Å². The molecule has 32 heavy (non-hydrogen) atoms. The number of aromatic nitrogens is 3. The average molecular weight is 494 g/mol. The van der Waals surface area contributed by atoms with Gasteiger partial charge in [-0.2, -0.15) is 0 Å². The van der Waals surface area contributed by atoms with Gasteiger partial charge < -0.3 is 10.1 Å². The number of nitrogens with zero attached hydrogens (tertiary/aromatic N) is 4. The second-order valence-electron chi connectivity index (χ2n) is 6.27. The Morgan fingerprint density at radius 2 is 2.06 bits per heavy atom. The number of hydrogen-bond acceptors (Lipinski definition) is 7. The first-order chi connectivity index (χ1) is 15.4. The molecule has 0 atom stereocenters. The summed E-state index contributed by atoms with van der Waals surface area (Å²) in [5, 5.41) is 23.2. The van der Waals surface area contributed by atoms with Crippen molar-refractivity contribution in [3.63, 3.8) is 0 Å². The van der Waals surface area contributed by atoms with Crippen molar-refractivity contribution in [2.75, 3.05) is 11.1 Å². The van der Waals surface area contributed by atoms with E-state index in [4.69, 9.17) is 27.9 Å². The van der Waals surface area contributed by atoms with Crippen molar-refractivity contribution >= 4 is 52.2 Å². The third kappa shape index (κ3) is 6.00. The molecule has 0 aliphatic heterocycles. The van der Waals surface area contributed by atoms with Crippen molar-refractivity contribution in [2.24, 2.45) is 0 Å². The number of amides is 1. The molecule has 166 valence electrons. The lowest BCUT2D eigenvalue weighted by atomic mass is 10.2. The molecular weight excluding hydrogens is 477 g/mol. The molecule has 0 unspecified atom stereocenters. The number of thioether (sulfide) groups is 1. The molecule has 2 aromatic carbocycles. The molecule has 1 heterocycles. The molecule has 0 bridgehead atoms. The van der Waals surface area contributed by atoms with Gasteiger partial charge in [-0.05, 0) is 24.3 Å². The Labute approximate surface area is 197 Å². The smallest absolute Gasteiger partial charge is 0.292 e. The average Bonchev–Trinajstić information content (AvgIpc) is 3.14. The Morgan fingerprint density at radius 1 is 1.28 bits per heavy atom. The van der Waals surface area contributed by atoms with E-state index in [0.29, 0.717) is 33.3 Å². The van der Waals surface area contributed by atoms with E-state index in [1.807, 2.05) is 0 Å². The Morgan fingerprint density at radius 3 is 2.78 bits per heavy atom. The number of carbonyl (C=O) groups is 1. The molecule has 1 aromatic heterocycles. The minimum Gasteiger partial charge on any atom is -0.484 e. The highest BCUT2D eigenvalue weighted by Crippen LogP contribution is 2.28. The number of allylic oxidation sites excluding steroid dienone is 1. The highest BCUT2D eigenvalue weighted by Gasteiger charge is 2.17. The number of nitro benzene ring substituents is 1. The van der Waals surface area contributed by atoms with Gasteiger partial charge >= 0.3 is 0 Å². The third-order valence-electron chi connectivity index (χ3n) is 4.06. The SMILES string of the molecule is C=CCn1c(COc2ccc(Cl)cc2Cl)nnc1SCC(=O)Nc1ccccc1[N+](=O)[O-]. The predicted octanol–water partition coefficient (Wildman–Crippen LogP) is 4.99. The Bertz CT molecular complexity index is 1150. The summed E-state index contributed by atoms with van der Waals surface area (Å²) >= 11 is 13.2. The van der Waals surface area contributed by atoms with Crippen molar-refractivity contribution in [3.05, 3.63) is 81.1 Å². The number of carbonyl (C=O) groups excluding carboxylic acids is 1. The van der Waals surface area contributed by atoms with Crippen LogP contribution in [-0.4, -0.2) is 31.3 Å². The summed E-state index contributed by atoms with van der Waals surface area (Å²) in [4.78, 5) is 22.9. The second-order valence-corrected chi connectivity index (χ2v) is 8.06. The van der Waals surface area contributed by atoms with Crippen LogP contribution in [0.25, 0.3) is 0 Å². The number of halogens is 2. The first kappa shape index (κ1) is 23.6. The minimum absolute atomic E-state index is 0.0226. The van der Waals surface area contributed by atoms with Crippen LogP contribution >= 0.6 is 35.0 Å². The van der Waals surface area contributed by atoms with Gasteiger partial charge in [-0.1, -0.05) is 53.2 Å². The van der Waals surface area contributed by atoms with Gasteiger partial charge in [0.2, 0.25) is 5.91 Å². The molecule has 1 N–H and O–H groups in total. The van der Waals surface area contributed by atoms with Gasteiger partial charge in [0.15, 0.2) is 11.0 Å². The second kappa shape index (κ2) is 11.0. The lowest BCUT2D eigenvalue weighted by Gasteiger charge is -2.10. The maximum Gasteiger partial charge on any atom is 0.292 e. The van der Waals surface area contributed by atoms with Crippen LogP contribution in [0.5, 0.6) is 5.75 Å². The topological polar surface area (TPSA) is 112 Å². The van der Waals surface area contributed by atoms with E-state index in [2.05, 4.69) is 22.1 Å². The number of anilines is 1. The fraction of sp³-hybridized carbons (Fsp3) is 0.150. The van der Waals surface area contributed by atoms with E-state index in [-0.39, 0.29) is 23.7 Å². The van der Waals surface area contributed by atoms with Crippen LogP contribution in [0, 0.1) is 10.1 Å². The van der Waals surface area contributed by atoms with Crippen molar-refractivity contribution in [1.29, 1.82) is 0 Å². The zero-order chi connectivity index (χ0) is 23.1. The first-order valence-corrected chi connectivity index (χ1v) is 10.9. The fourth-order valence-corrected chi connectivity index (χ4v) is 3.86.